The van der Waals surface area contributed by atoms with E-state index in [-0.39, 0.29) is 24.6 Å². The van der Waals surface area contributed by atoms with Crippen LogP contribution >= 0.6 is 0 Å². The Hall–Kier alpha value is -3.22. The number of β-amino-alcohol motifs (C(OH)–C–C–N with tert-alkyl or cyclic N) is 1. The third-order valence-electron chi connectivity index (χ3n) is 7.23. The Labute approximate surface area is 196 Å². The zero-order valence-corrected chi connectivity index (χ0v) is 19.1. The number of carbonyl (C=O) groups excluding carboxylic acids is 2. The zero-order chi connectivity index (χ0) is 23.9. The van der Waals surface area contributed by atoms with Crippen LogP contribution in [0.1, 0.15) is 31.4 Å². The highest BCUT2D eigenvalue weighted by molar-refractivity contribution is 5.94. The second-order valence-electron chi connectivity index (χ2n) is 8.96. The molecule has 2 saturated heterocycles. The molecule has 2 aromatic rings. The van der Waals surface area contributed by atoms with Crippen LogP contribution in [0.5, 0.6) is 0 Å². The number of likely N-dealkylation sites (tertiary alicyclic amines) is 2. The molecule has 1 spiro atoms. The molecule has 0 bridgehead atoms. The standard InChI is InChI=1S/C22H27N7O5/c1-14-16(12-34-20(14)31)28-8-6-22(21(28)32)5-7-27(11-18(22)33-2)10-17(30)15-3-4-19(23-9-15)29-13-24-25-26-29/h3-4,9,13,17-18,30H,5-8,10-12H2,1-2H3/t17-,18?,22?/m1/s1. The highest BCUT2D eigenvalue weighted by atomic mass is 16.5. The zero-order valence-electron chi connectivity index (χ0n) is 19.1. The van der Waals surface area contributed by atoms with Gasteiger partial charge in [0, 0.05) is 38.5 Å². The molecule has 3 atom stereocenters. The van der Waals surface area contributed by atoms with E-state index in [0.29, 0.717) is 61.7 Å². The highest BCUT2D eigenvalue weighted by Gasteiger charge is 2.55. The molecular weight excluding hydrogens is 442 g/mol. The van der Waals surface area contributed by atoms with Crippen LogP contribution in [0.25, 0.3) is 5.82 Å². The van der Waals surface area contributed by atoms with Gasteiger partial charge in [-0.25, -0.2) is 9.78 Å². The Morgan fingerprint density at radius 2 is 2.12 bits per heavy atom. The van der Waals surface area contributed by atoms with E-state index in [0.717, 1.165) is 0 Å². The fourth-order valence-electron chi connectivity index (χ4n) is 5.16. The van der Waals surface area contributed by atoms with Crippen LogP contribution in [0.3, 0.4) is 0 Å². The first-order valence-electron chi connectivity index (χ1n) is 11.2. The van der Waals surface area contributed by atoms with Crippen molar-refractivity contribution in [2.45, 2.75) is 32.0 Å². The van der Waals surface area contributed by atoms with Gasteiger partial charge in [-0.1, -0.05) is 6.07 Å². The quantitative estimate of drug-likeness (QED) is 0.569. The van der Waals surface area contributed by atoms with Crippen LogP contribution < -0.4 is 0 Å². The highest BCUT2D eigenvalue weighted by Crippen LogP contribution is 2.45. The molecule has 12 nitrogen and oxygen atoms in total. The Morgan fingerprint density at radius 1 is 1.29 bits per heavy atom. The molecule has 12 heteroatoms. The average molecular weight is 470 g/mol. The number of aliphatic hydroxyl groups excluding tert-OH is 1. The van der Waals surface area contributed by atoms with Gasteiger partial charge in [0.25, 0.3) is 0 Å². The number of aliphatic hydroxyl groups is 1. The summed E-state index contributed by atoms with van der Waals surface area (Å²) in [6.07, 6.45) is 3.28. The molecular formula is C22H27N7O5. The lowest BCUT2D eigenvalue weighted by Gasteiger charge is -2.44. The fraction of sp³-hybridized carbons (Fsp3) is 0.545. The van der Waals surface area contributed by atoms with Crippen molar-refractivity contribution >= 4 is 11.9 Å². The summed E-state index contributed by atoms with van der Waals surface area (Å²) in [5, 5.41) is 21.8. The summed E-state index contributed by atoms with van der Waals surface area (Å²) in [6, 6.07) is 3.55. The molecule has 0 radical (unpaired) electrons. The van der Waals surface area contributed by atoms with Crippen molar-refractivity contribution in [3.63, 3.8) is 0 Å². The molecule has 2 unspecified atom stereocenters. The van der Waals surface area contributed by atoms with Crippen molar-refractivity contribution in [2.75, 3.05) is 39.9 Å². The number of esters is 1. The number of carbonyl (C=O) groups is 2. The number of aromatic nitrogens is 5. The van der Waals surface area contributed by atoms with Gasteiger partial charge in [-0.3, -0.25) is 9.69 Å². The summed E-state index contributed by atoms with van der Waals surface area (Å²) in [4.78, 5) is 33.4. The fourth-order valence-corrected chi connectivity index (χ4v) is 5.16. The lowest BCUT2D eigenvalue weighted by molar-refractivity contribution is -0.149. The minimum absolute atomic E-state index is 0.00501. The minimum atomic E-state index is -0.743. The van der Waals surface area contributed by atoms with Gasteiger partial charge < -0.3 is 19.5 Å². The van der Waals surface area contributed by atoms with Gasteiger partial charge in [-0.15, -0.1) is 5.10 Å². The number of ether oxygens (including phenoxy) is 2. The molecule has 0 aliphatic carbocycles. The molecule has 180 valence electrons. The summed E-state index contributed by atoms with van der Waals surface area (Å²) in [7, 11) is 1.62. The van der Waals surface area contributed by atoms with Crippen molar-refractivity contribution in [1.29, 1.82) is 0 Å². The molecule has 2 aromatic heterocycles. The van der Waals surface area contributed by atoms with Gasteiger partial charge in [0.15, 0.2) is 5.82 Å². The predicted molar refractivity (Wildman–Crippen MR) is 116 cm³/mol. The Kier molecular flexibility index (Phi) is 5.88. The molecule has 34 heavy (non-hydrogen) atoms. The number of piperidine rings is 1. The summed E-state index contributed by atoms with van der Waals surface area (Å²) in [5.41, 5.74) is 1.21. The van der Waals surface area contributed by atoms with Gasteiger partial charge in [0.2, 0.25) is 5.91 Å². The molecule has 1 amide bonds. The van der Waals surface area contributed by atoms with E-state index < -0.39 is 11.5 Å². The van der Waals surface area contributed by atoms with E-state index in [1.165, 1.54) is 11.0 Å². The monoisotopic (exact) mass is 469 g/mol. The first-order valence-corrected chi connectivity index (χ1v) is 11.2. The molecule has 5 heterocycles. The number of cyclic esters (lactones) is 1. The minimum Gasteiger partial charge on any atom is -0.456 e. The summed E-state index contributed by atoms with van der Waals surface area (Å²) in [5.74, 6) is 0.190. The second kappa shape index (κ2) is 8.85. The first-order chi connectivity index (χ1) is 16.4. The topological polar surface area (TPSA) is 136 Å². The van der Waals surface area contributed by atoms with Crippen LogP contribution in [-0.4, -0.2) is 98.0 Å². The molecule has 3 aliphatic rings. The number of nitrogens with zero attached hydrogens (tertiary/aromatic N) is 7. The van der Waals surface area contributed by atoms with E-state index in [1.54, 1.807) is 37.3 Å². The van der Waals surface area contributed by atoms with E-state index in [9.17, 15) is 14.7 Å². The van der Waals surface area contributed by atoms with Crippen LogP contribution in [0.4, 0.5) is 0 Å². The number of methoxy groups -OCH3 is 1. The Morgan fingerprint density at radius 3 is 2.76 bits per heavy atom. The van der Waals surface area contributed by atoms with Crippen molar-refractivity contribution < 1.29 is 24.2 Å². The molecule has 2 fully saturated rings. The number of rotatable bonds is 6. The maximum absolute atomic E-state index is 13.5. The summed E-state index contributed by atoms with van der Waals surface area (Å²) in [6.45, 7) is 3.96. The molecule has 0 saturated carbocycles. The van der Waals surface area contributed by atoms with Crippen molar-refractivity contribution in [1.82, 2.24) is 35.0 Å². The van der Waals surface area contributed by atoms with Gasteiger partial charge in [-0.2, -0.15) is 4.68 Å². The third-order valence-corrected chi connectivity index (χ3v) is 7.23. The van der Waals surface area contributed by atoms with Crippen LogP contribution in [0.2, 0.25) is 0 Å². The lowest BCUT2D eigenvalue weighted by atomic mass is 9.74. The number of amides is 1. The second-order valence-corrected chi connectivity index (χ2v) is 8.96. The van der Waals surface area contributed by atoms with Gasteiger partial charge in [0.1, 0.15) is 12.9 Å². The maximum Gasteiger partial charge on any atom is 0.336 e. The normalized spacial score (nSPS) is 26.6. The van der Waals surface area contributed by atoms with E-state index in [1.807, 2.05) is 0 Å². The van der Waals surface area contributed by atoms with E-state index in [4.69, 9.17) is 9.47 Å². The van der Waals surface area contributed by atoms with Crippen LogP contribution in [0.15, 0.2) is 35.9 Å². The lowest BCUT2D eigenvalue weighted by Crippen LogP contribution is -2.55. The Balaban J connectivity index is 1.25. The summed E-state index contributed by atoms with van der Waals surface area (Å²) < 4.78 is 12.4. The number of hydrogen-bond donors (Lipinski definition) is 1. The predicted octanol–water partition coefficient (Wildman–Crippen LogP) is -0.139. The number of pyridine rings is 1. The van der Waals surface area contributed by atoms with Crippen molar-refractivity contribution in [3.8, 4) is 5.82 Å². The van der Waals surface area contributed by atoms with Gasteiger partial charge in [0.05, 0.1) is 28.9 Å². The van der Waals surface area contributed by atoms with Crippen LogP contribution in [-0.2, 0) is 19.1 Å². The SMILES string of the molecule is COC1CN(C[C@@H](O)c2ccc(-n3cnnn3)nc2)CCC12CCN(C1=C(C)C(=O)OC1)C2=O. The largest absolute Gasteiger partial charge is 0.456 e. The van der Waals surface area contributed by atoms with Crippen molar-refractivity contribution in [2.24, 2.45) is 5.41 Å². The molecule has 1 N–H and O–H groups in total. The van der Waals surface area contributed by atoms with Crippen LogP contribution in [0, 0.1) is 5.41 Å². The Bertz CT molecular complexity index is 1100. The number of hydrogen-bond acceptors (Lipinski definition) is 10. The first kappa shape index (κ1) is 22.6. The maximum atomic E-state index is 13.5. The summed E-state index contributed by atoms with van der Waals surface area (Å²) >= 11 is 0. The van der Waals surface area contributed by atoms with Gasteiger partial charge >= 0.3 is 5.97 Å². The smallest absolute Gasteiger partial charge is 0.336 e. The molecule has 5 rings (SSSR count). The molecule has 3 aliphatic heterocycles. The van der Waals surface area contributed by atoms with E-state index in [2.05, 4.69) is 25.4 Å². The van der Waals surface area contributed by atoms with E-state index >= 15 is 0 Å². The van der Waals surface area contributed by atoms with Gasteiger partial charge in [-0.05, 0) is 42.8 Å². The third kappa shape index (κ3) is 3.77. The van der Waals surface area contributed by atoms with Crippen molar-refractivity contribution in [3.05, 3.63) is 41.5 Å². The molecule has 0 aromatic carbocycles. The number of tetrazole rings is 1. The average Bonchev–Trinajstić information content (AvgIpc) is 3.58.